The molecule has 6 heteroatoms. The van der Waals surface area contributed by atoms with Crippen LogP contribution in [-0.2, 0) is 4.74 Å². The average molecular weight is 358 g/mol. The number of thiophene rings is 1. The Balaban J connectivity index is 2.50. The molecule has 0 aliphatic rings. The first-order valence-corrected chi connectivity index (χ1v) is 7.58. The molecular weight excluding hydrogens is 345 g/mol. The molecule has 0 amide bonds. The molecule has 0 radical (unpaired) electrons. The van der Waals surface area contributed by atoms with Gasteiger partial charge in [0, 0.05) is 4.88 Å². The lowest BCUT2D eigenvalue weighted by atomic mass is 10.1. The number of carbonyl (C=O) groups excluding carboxylic acids is 1. The van der Waals surface area contributed by atoms with Crippen molar-refractivity contribution >= 4 is 38.9 Å². The molecule has 0 fully saturated rings. The smallest absolute Gasteiger partial charge is 0.350 e. The van der Waals surface area contributed by atoms with Crippen LogP contribution in [0.25, 0.3) is 10.4 Å². The molecule has 20 heavy (non-hydrogen) atoms. The fourth-order valence-electron chi connectivity index (χ4n) is 1.79. The van der Waals surface area contributed by atoms with Gasteiger partial charge in [-0.2, -0.15) is 0 Å². The number of benzene rings is 1. The minimum Gasteiger partial charge on any atom is -0.462 e. The van der Waals surface area contributed by atoms with Crippen molar-refractivity contribution in [3.05, 3.63) is 38.9 Å². The van der Waals surface area contributed by atoms with Crippen molar-refractivity contribution < 1.29 is 13.9 Å². The molecule has 0 spiro atoms. The highest BCUT2D eigenvalue weighted by Gasteiger charge is 2.20. The van der Waals surface area contributed by atoms with E-state index in [9.17, 15) is 9.18 Å². The maximum atomic E-state index is 13.6. The van der Waals surface area contributed by atoms with Crippen molar-refractivity contribution in [3.8, 4) is 10.4 Å². The summed E-state index contributed by atoms with van der Waals surface area (Å²) in [6.45, 7) is 3.83. The molecular formula is C14H13BrFNO2S. The zero-order valence-electron chi connectivity index (χ0n) is 11.0. The number of ether oxygens (including phenoxy) is 1. The molecule has 3 nitrogen and oxygen atoms in total. The molecule has 2 rings (SSSR count). The van der Waals surface area contributed by atoms with Gasteiger partial charge < -0.3 is 10.5 Å². The predicted octanol–water partition coefficient (Wildman–Crippen LogP) is 4.38. The number of hydrogen-bond acceptors (Lipinski definition) is 4. The van der Waals surface area contributed by atoms with Crippen molar-refractivity contribution in [2.45, 2.75) is 13.8 Å². The van der Waals surface area contributed by atoms with Gasteiger partial charge in [0.1, 0.15) is 10.7 Å². The molecule has 1 aromatic heterocycles. The van der Waals surface area contributed by atoms with Crippen LogP contribution in [0.4, 0.5) is 10.1 Å². The second-order valence-corrected chi connectivity index (χ2v) is 6.02. The number of rotatable bonds is 3. The summed E-state index contributed by atoms with van der Waals surface area (Å²) >= 11 is 4.33. The van der Waals surface area contributed by atoms with Gasteiger partial charge in [-0.15, -0.1) is 11.3 Å². The molecule has 1 aromatic carbocycles. The van der Waals surface area contributed by atoms with Crippen LogP contribution in [0, 0.1) is 12.7 Å². The largest absolute Gasteiger partial charge is 0.462 e. The first-order valence-electron chi connectivity index (χ1n) is 5.97. The van der Waals surface area contributed by atoms with Crippen molar-refractivity contribution in [1.82, 2.24) is 0 Å². The van der Waals surface area contributed by atoms with Crippen LogP contribution in [0.2, 0.25) is 0 Å². The third-order valence-corrected chi connectivity index (χ3v) is 4.82. The highest BCUT2D eigenvalue weighted by atomic mass is 79.9. The quantitative estimate of drug-likeness (QED) is 0.829. The van der Waals surface area contributed by atoms with E-state index in [1.807, 2.05) is 6.92 Å². The Bertz CT molecular complexity index is 669. The standard InChI is InChI=1S/C14H13BrFNO2S/c1-3-19-14(18)13-11(17)7(2)12(20-13)8-4-5-9(15)10(16)6-8/h4-6H,3,17H2,1-2H3. The topological polar surface area (TPSA) is 52.3 Å². The van der Waals surface area contributed by atoms with Crippen LogP contribution in [0.5, 0.6) is 0 Å². The van der Waals surface area contributed by atoms with Crippen LogP contribution in [0.15, 0.2) is 22.7 Å². The minimum absolute atomic E-state index is 0.289. The van der Waals surface area contributed by atoms with Gasteiger partial charge in [-0.1, -0.05) is 6.07 Å². The molecule has 0 aliphatic carbocycles. The Morgan fingerprint density at radius 2 is 2.20 bits per heavy atom. The third kappa shape index (κ3) is 2.71. The van der Waals surface area contributed by atoms with E-state index in [0.29, 0.717) is 20.6 Å². The van der Waals surface area contributed by atoms with Crippen LogP contribution in [0.1, 0.15) is 22.2 Å². The van der Waals surface area contributed by atoms with Gasteiger partial charge in [0.2, 0.25) is 0 Å². The Labute approximate surface area is 128 Å². The van der Waals surface area contributed by atoms with Gasteiger partial charge in [-0.05, 0) is 53.0 Å². The van der Waals surface area contributed by atoms with E-state index in [4.69, 9.17) is 10.5 Å². The molecule has 0 atom stereocenters. The summed E-state index contributed by atoms with van der Waals surface area (Å²) in [7, 11) is 0. The lowest BCUT2D eigenvalue weighted by molar-refractivity contribution is 0.0533. The first kappa shape index (κ1) is 15.0. The number of esters is 1. The van der Waals surface area contributed by atoms with Crippen LogP contribution >= 0.6 is 27.3 Å². The number of nitrogen functional groups attached to an aromatic ring is 1. The van der Waals surface area contributed by atoms with Gasteiger partial charge in [0.15, 0.2) is 0 Å². The van der Waals surface area contributed by atoms with Crippen molar-refractivity contribution in [1.29, 1.82) is 0 Å². The van der Waals surface area contributed by atoms with Gasteiger partial charge >= 0.3 is 5.97 Å². The minimum atomic E-state index is -0.443. The molecule has 0 unspecified atom stereocenters. The first-order chi connectivity index (χ1) is 9.45. The lowest BCUT2D eigenvalue weighted by Gasteiger charge is -2.01. The monoisotopic (exact) mass is 357 g/mol. The van der Waals surface area contributed by atoms with Gasteiger partial charge in [0.25, 0.3) is 0 Å². The number of carbonyl (C=O) groups is 1. The molecule has 2 aromatic rings. The normalized spacial score (nSPS) is 10.6. The van der Waals surface area contributed by atoms with Crippen molar-refractivity contribution in [2.75, 3.05) is 12.3 Å². The lowest BCUT2D eigenvalue weighted by Crippen LogP contribution is -2.05. The van der Waals surface area contributed by atoms with E-state index in [1.165, 1.54) is 17.4 Å². The molecule has 1 heterocycles. The second-order valence-electron chi connectivity index (χ2n) is 4.15. The van der Waals surface area contributed by atoms with E-state index < -0.39 is 5.97 Å². The molecule has 0 bridgehead atoms. The molecule has 0 saturated heterocycles. The fraction of sp³-hybridized carbons (Fsp3) is 0.214. The molecule has 0 aliphatic heterocycles. The van der Waals surface area contributed by atoms with Gasteiger partial charge in [0.05, 0.1) is 16.8 Å². The van der Waals surface area contributed by atoms with Gasteiger partial charge in [-0.3, -0.25) is 0 Å². The average Bonchev–Trinajstić information content (AvgIpc) is 2.70. The van der Waals surface area contributed by atoms with Crippen LogP contribution in [0.3, 0.4) is 0 Å². The Hall–Kier alpha value is -1.40. The number of anilines is 1. The zero-order valence-corrected chi connectivity index (χ0v) is 13.4. The van der Waals surface area contributed by atoms with E-state index in [2.05, 4.69) is 15.9 Å². The third-order valence-electron chi connectivity index (χ3n) is 2.84. The number of halogens is 2. The van der Waals surface area contributed by atoms with Crippen LogP contribution in [-0.4, -0.2) is 12.6 Å². The van der Waals surface area contributed by atoms with E-state index in [1.54, 1.807) is 19.1 Å². The summed E-state index contributed by atoms with van der Waals surface area (Å²) < 4.78 is 19.0. The summed E-state index contributed by atoms with van der Waals surface area (Å²) in [5.74, 6) is -0.798. The van der Waals surface area contributed by atoms with Crippen molar-refractivity contribution in [3.63, 3.8) is 0 Å². The fourth-order valence-corrected chi connectivity index (χ4v) is 3.15. The second kappa shape index (κ2) is 5.93. The summed E-state index contributed by atoms with van der Waals surface area (Å²) in [6, 6.07) is 4.82. The van der Waals surface area contributed by atoms with E-state index >= 15 is 0 Å². The van der Waals surface area contributed by atoms with Crippen molar-refractivity contribution in [2.24, 2.45) is 0 Å². The molecule has 106 valence electrons. The summed E-state index contributed by atoms with van der Waals surface area (Å²) in [6.07, 6.45) is 0. The number of nitrogens with two attached hydrogens (primary N) is 1. The summed E-state index contributed by atoms with van der Waals surface area (Å²) in [5.41, 5.74) is 7.80. The Morgan fingerprint density at radius 1 is 1.50 bits per heavy atom. The number of hydrogen-bond donors (Lipinski definition) is 1. The predicted molar refractivity (Wildman–Crippen MR) is 82.5 cm³/mol. The highest BCUT2D eigenvalue weighted by molar-refractivity contribution is 9.10. The maximum Gasteiger partial charge on any atom is 0.350 e. The maximum absolute atomic E-state index is 13.6. The van der Waals surface area contributed by atoms with Crippen LogP contribution < -0.4 is 5.73 Å². The molecule has 2 N–H and O–H groups in total. The zero-order chi connectivity index (χ0) is 14.9. The summed E-state index contributed by atoms with van der Waals surface area (Å²) in [5, 5.41) is 0. The Morgan fingerprint density at radius 3 is 2.80 bits per heavy atom. The van der Waals surface area contributed by atoms with Gasteiger partial charge in [-0.25, -0.2) is 9.18 Å². The van der Waals surface area contributed by atoms with E-state index in [-0.39, 0.29) is 12.4 Å². The summed E-state index contributed by atoms with van der Waals surface area (Å²) in [4.78, 5) is 12.9. The van der Waals surface area contributed by atoms with E-state index in [0.717, 1.165) is 10.4 Å². The SMILES string of the molecule is CCOC(=O)c1sc(-c2ccc(Br)c(F)c2)c(C)c1N. The molecule has 0 saturated carbocycles. The highest BCUT2D eigenvalue weighted by Crippen LogP contribution is 2.39. The Kier molecular flexibility index (Phi) is 4.45.